The Morgan fingerprint density at radius 3 is 2.55 bits per heavy atom. The summed E-state index contributed by atoms with van der Waals surface area (Å²) in [5.74, 6) is -1.61. The van der Waals surface area contributed by atoms with Gasteiger partial charge in [-0.05, 0) is 61.9 Å². The molecule has 2 heterocycles. The average Bonchev–Trinajstić information content (AvgIpc) is 2.79. The maximum absolute atomic E-state index is 13.4. The molecule has 4 aromatic rings. The normalized spacial score (nSPS) is 11.7. The number of fused-ring (bicyclic) bond motifs is 1. The molecule has 2 aromatic heterocycles. The fourth-order valence-corrected chi connectivity index (χ4v) is 3.72. The van der Waals surface area contributed by atoms with E-state index in [2.05, 4.69) is 21.4 Å². The predicted molar refractivity (Wildman–Crippen MR) is 123 cm³/mol. The number of aryl methyl sites for hydroxylation is 1. The lowest BCUT2D eigenvalue weighted by Crippen LogP contribution is -2.13. The summed E-state index contributed by atoms with van der Waals surface area (Å²) in [7, 11) is 0. The number of anilines is 1. The summed E-state index contributed by atoms with van der Waals surface area (Å²) in [6.45, 7) is 3.75. The molecule has 0 radical (unpaired) electrons. The van der Waals surface area contributed by atoms with Crippen molar-refractivity contribution in [2.75, 3.05) is 5.32 Å². The van der Waals surface area contributed by atoms with E-state index in [9.17, 15) is 19.6 Å². The first-order chi connectivity index (χ1) is 15.8. The highest BCUT2D eigenvalue weighted by Gasteiger charge is 2.20. The number of carbonyl (C=O) groups is 1. The maximum Gasteiger partial charge on any atom is 0.356 e. The van der Waals surface area contributed by atoms with E-state index >= 15 is 0 Å². The smallest absolute Gasteiger partial charge is 0.356 e. The Labute approximate surface area is 193 Å². The van der Waals surface area contributed by atoms with Gasteiger partial charge in [-0.2, -0.15) is 5.26 Å². The first-order valence-corrected chi connectivity index (χ1v) is 10.3. The third-order valence-electron chi connectivity index (χ3n) is 5.07. The number of nitrogens with one attached hydrogen (secondary N) is 1. The van der Waals surface area contributed by atoms with E-state index in [1.54, 1.807) is 18.2 Å². The second kappa shape index (κ2) is 8.81. The lowest BCUT2D eigenvalue weighted by molar-refractivity contribution is 0.0691. The molecule has 0 amide bonds. The standard InChI is InChI=1S/C24H17ClFN5O2/c1-12-9-16(13(2)28-17-7-8-20(25)30-23(17)24(32)33)22-18(10-12)29-19(11-27)21(31-22)14-3-5-15(26)6-4-14/h3-10,13,28H,1-2H3,(H,32,33)/t13-/m1/s1. The van der Waals surface area contributed by atoms with E-state index < -0.39 is 17.8 Å². The first-order valence-electron chi connectivity index (χ1n) is 9.91. The van der Waals surface area contributed by atoms with E-state index in [4.69, 9.17) is 16.6 Å². The van der Waals surface area contributed by atoms with Gasteiger partial charge in [0.2, 0.25) is 0 Å². The third kappa shape index (κ3) is 4.45. The highest BCUT2D eigenvalue weighted by atomic mass is 35.5. The fraction of sp³-hybridized carbons (Fsp3) is 0.125. The number of benzene rings is 2. The van der Waals surface area contributed by atoms with Crippen molar-refractivity contribution < 1.29 is 14.3 Å². The number of aromatic nitrogens is 3. The van der Waals surface area contributed by atoms with E-state index in [0.717, 1.165) is 11.1 Å². The molecule has 33 heavy (non-hydrogen) atoms. The van der Waals surface area contributed by atoms with Crippen LogP contribution in [0.1, 0.15) is 40.3 Å². The second-order valence-electron chi connectivity index (χ2n) is 7.46. The quantitative estimate of drug-likeness (QED) is 0.375. The Hall–Kier alpha value is -4.09. The molecule has 0 aliphatic rings. The van der Waals surface area contributed by atoms with Crippen molar-refractivity contribution in [1.29, 1.82) is 5.26 Å². The summed E-state index contributed by atoms with van der Waals surface area (Å²) in [4.78, 5) is 24.7. The molecule has 0 unspecified atom stereocenters. The average molecular weight is 462 g/mol. The molecule has 2 N–H and O–H groups in total. The molecule has 0 fully saturated rings. The van der Waals surface area contributed by atoms with Gasteiger partial charge in [-0.15, -0.1) is 0 Å². The topological polar surface area (TPSA) is 112 Å². The number of nitrogens with zero attached hydrogens (tertiary/aromatic N) is 4. The fourth-order valence-electron chi connectivity index (χ4n) is 3.58. The SMILES string of the molecule is Cc1cc([C@@H](C)Nc2ccc(Cl)nc2C(=O)O)c2nc(-c3ccc(F)cc3)c(C#N)nc2c1. The molecule has 0 spiro atoms. The van der Waals surface area contributed by atoms with Crippen molar-refractivity contribution >= 4 is 34.3 Å². The van der Waals surface area contributed by atoms with Crippen LogP contribution in [0.5, 0.6) is 0 Å². The number of hydrogen-bond donors (Lipinski definition) is 2. The molecule has 0 saturated carbocycles. The summed E-state index contributed by atoms with van der Waals surface area (Å²) in [5.41, 5.74) is 3.83. The van der Waals surface area contributed by atoms with Crippen LogP contribution in [0.3, 0.4) is 0 Å². The summed E-state index contributed by atoms with van der Waals surface area (Å²) in [6.07, 6.45) is 0. The molecule has 1 atom stereocenters. The van der Waals surface area contributed by atoms with Gasteiger partial charge < -0.3 is 10.4 Å². The number of hydrogen-bond acceptors (Lipinski definition) is 6. The van der Waals surface area contributed by atoms with Crippen LogP contribution in [0.25, 0.3) is 22.3 Å². The van der Waals surface area contributed by atoms with Crippen LogP contribution in [0.15, 0.2) is 48.5 Å². The van der Waals surface area contributed by atoms with Gasteiger partial charge in [0.25, 0.3) is 0 Å². The van der Waals surface area contributed by atoms with Crippen molar-refractivity contribution in [3.05, 3.63) is 82.0 Å². The minimum absolute atomic E-state index is 0.0745. The number of nitriles is 1. The maximum atomic E-state index is 13.4. The summed E-state index contributed by atoms with van der Waals surface area (Å²) >= 11 is 5.86. The van der Waals surface area contributed by atoms with Gasteiger partial charge in [0.15, 0.2) is 11.4 Å². The molecular formula is C24H17ClFN5O2. The molecular weight excluding hydrogens is 445 g/mol. The zero-order valence-corrected chi connectivity index (χ0v) is 18.4. The van der Waals surface area contributed by atoms with Gasteiger partial charge in [-0.25, -0.2) is 24.1 Å². The van der Waals surface area contributed by atoms with Crippen LogP contribution < -0.4 is 5.32 Å². The van der Waals surface area contributed by atoms with Crippen molar-refractivity contribution in [1.82, 2.24) is 15.0 Å². The lowest BCUT2D eigenvalue weighted by atomic mass is 10.0. The highest BCUT2D eigenvalue weighted by molar-refractivity contribution is 6.29. The summed E-state index contributed by atoms with van der Waals surface area (Å²) in [6, 6.07) is 14.1. The molecule has 4 rings (SSSR count). The van der Waals surface area contributed by atoms with Crippen molar-refractivity contribution in [3.8, 4) is 17.3 Å². The number of rotatable bonds is 5. The molecule has 164 valence electrons. The van der Waals surface area contributed by atoms with Crippen LogP contribution in [0.4, 0.5) is 10.1 Å². The van der Waals surface area contributed by atoms with Crippen molar-refractivity contribution in [2.45, 2.75) is 19.9 Å². The Kier molecular flexibility index (Phi) is 5.90. The Morgan fingerprint density at radius 2 is 1.88 bits per heavy atom. The Bertz CT molecular complexity index is 1430. The minimum Gasteiger partial charge on any atom is -0.476 e. The first kappa shape index (κ1) is 22.1. The van der Waals surface area contributed by atoms with Gasteiger partial charge in [0.05, 0.1) is 22.8 Å². The zero-order chi connectivity index (χ0) is 23.7. The summed E-state index contributed by atoms with van der Waals surface area (Å²) < 4.78 is 13.4. The monoisotopic (exact) mass is 461 g/mol. The molecule has 2 aromatic carbocycles. The van der Waals surface area contributed by atoms with Crippen LogP contribution in [-0.4, -0.2) is 26.0 Å². The number of carboxylic acids is 1. The molecule has 0 saturated heterocycles. The van der Waals surface area contributed by atoms with E-state index in [1.165, 1.54) is 18.2 Å². The van der Waals surface area contributed by atoms with E-state index in [-0.39, 0.29) is 16.5 Å². The van der Waals surface area contributed by atoms with Crippen LogP contribution in [0.2, 0.25) is 5.15 Å². The van der Waals surface area contributed by atoms with Crippen LogP contribution in [0, 0.1) is 24.1 Å². The van der Waals surface area contributed by atoms with Crippen molar-refractivity contribution in [2.24, 2.45) is 0 Å². The highest BCUT2D eigenvalue weighted by Crippen LogP contribution is 2.31. The predicted octanol–water partition coefficient (Wildman–Crippen LogP) is 5.54. The largest absolute Gasteiger partial charge is 0.476 e. The van der Waals surface area contributed by atoms with E-state index in [0.29, 0.717) is 28.0 Å². The minimum atomic E-state index is -1.21. The van der Waals surface area contributed by atoms with Gasteiger partial charge in [0, 0.05) is 11.1 Å². The van der Waals surface area contributed by atoms with Crippen LogP contribution >= 0.6 is 11.6 Å². The van der Waals surface area contributed by atoms with Crippen molar-refractivity contribution in [3.63, 3.8) is 0 Å². The van der Waals surface area contributed by atoms with Crippen LogP contribution in [-0.2, 0) is 0 Å². The number of carboxylic acid groups (broad SMARTS) is 1. The van der Waals surface area contributed by atoms with Gasteiger partial charge in [0.1, 0.15) is 22.7 Å². The molecule has 7 nitrogen and oxygen atoms in total. The summed E-state index contributed by atoms with van der Waals surface area (Å²) in [5, 5.41) is 22.4. The Balaban J connectivity index is 1.85. The number of aromatic carboxylic acids is 1. The third-order valence-corrected chi connectivity index (χ3v) is 5.28. The Morgan fingerprint density at radius 1 is 1.15 bits per heavy atom. The molecule has 0 aliphatic carbocycles. The number of pyridine rings is 1. The lowest BCUT2D eigenvalue weighted by Gasteiger charge is -2.19. The number of halogens is 2. The molecule has 0 bridgehead atoms. The molecule has 0 aliphatic heterocycles. The van der Waals surface area contributed by atoms with Gasteiger partial charge in [-0.1, -0.05) is 17.7 Å². The van der Waals surface area contributed by atoms with Gasteiger partial charge >= 0.3 is 5.97 Å². The van der Waals surface area contributed by atoms with Gasteiger partial charge in [-0.3, -0.25) is 0 Å². The zero-order valence-electron chi connectivity index (χ0n) is 17.6. The van der Waals surface area contributed by atoms with E-state index in [1.807, 2.05) is 26.0 Å². The second-order valence-corrected chi connectivity index (χ2v) is 7.85. The molecule has 9 heteroatoms.